The highest BCUT2D eigenvalue weighted by molar-refractivity contribution is 7.98. The molecule has 4 rings (SSSR count). The molecular formula is C23H27N5O3S. The van der Waals surface area contributed by atoms with Gasteiger partial charge in [0.05, 0.1) is 33.2 Å². The Labute approximate surface area is 190 Å². The molecular weight excluding hydrogens is 426 g/mol. The predicted octanol–water partition coefficient (Wildman–Crippen LogP) is 4.69. The minimum atomic E-state index is -0.457. The van der Waals surface area contributed by atoms with Crippen LogP contribution >= 0.6 is 11.8 Å². The summed E-state index contributed by atoms with van der Waals surface area (Å²) in [6, 6.07) is 12.0. The first-order chi connectivity index (χ1) is 15.6. The molecule has 0 bridgehead atoms. The Bertz CT molecular complexity index is 1080. The van der Waals surface area contributed by atoms with Crippen molar-refractivity contribution in [3.8, 4) is 0 Å². The Morgan fingerprint density at radius 3 is 2.75 bits per heavy atom. The van der Waals surface area contributed by atoms with Gasteiger partial charge in [-0.25, -0.2) is 4.98 Å². The molecule has 32 heavy (non-hydrogen) atoms. The van der Waals surface area contributed by atoms with E-state index in [4.69, 9.17) is 0 Å². The third-order valence-corrected chi connectivity index (χ3v) is 6.43. The number of nitro benzene ring substituents is 1. The third kappa shape index (κ3) is 4.88. The van der Waals surface area contributed by atoms with Gasteiger partial charge in [0.2, 0.25) is 0 Å². The lowest BCUT2D eigenvalue weighted by Gasteiger charge is -2.30. The van der Waals surface area contributed by atoms with Gasteiger partial charge >= 0.3 is 0 Å². The Morgan fingerprint density at radius 2 is 2.03 bits per heavy atom. The molecule has 0 aliphatic carbocycles. The van der Waals surface area contributed by atoms with E-state index in [1.807, 2.05) is 30.5 Å². The predicted molar refractivity (Wildman–Crippen MR) is 128 cm³/mol. The van der Waals surface area contributed by atoms with Crippen LogP contribution in [0.2, 0.25) is 0 Å². The number of hydrogen-bond acceptors (Lipinski definition) is 6. The van der Waals surface area contributed by atoms with Crippen LogP contribution in [0.15, 0.2) is 42.5 Å². The van der Waals surface area contributed by atoms with Crippen LogP contribution < -0.4 is 10.2 Å². The van der Waals surface area contributed by atoms with Crippen LogP contribution in [0.5, 0.6) is 0 Å². The Balaban J connectivity index is 1.65. The van der Waals surface area contributed by atoms with Gasteiger partial charge in [0.1, 0.15) is 5.82 Å². The maximum Gasteiger partial charge on any atom is 0.270 e. The smallest absolute Gasteiger partial charge is 0.270 e. The van der Waals surface area contributed by atoms with Gasteiger partial charge in [-0.05, 0) is 55.9 Å². The number of anilines is 1. The van der Waals surface area contributed by atoms with Crippen LogP contribution in [0.3, 0.4) is 0 Å². The van der Waals surface area contributed by atoms with Crippen LogP contribution in [0.4, 0.5) is 11.4 Å². The molecule has 1 aliphatic rings. The average Bonchev–Trinajstić information content (AvgIpc) is 3.26. The lowest BCUT2D eigenvalue weighted by atomic mass is 10.1. The van der Waals surface area contributed by atoms with Gasteiger partial charge in [0.15, 0.2) is 0 Å². The van der Waals surface area contributed by atoms with Crippen molar-refractivity contribution in [3.63, 3.8) is 0 Å². The first-order valence-corrected chi connectivity index (χ1v) is 12.2. The van der Waals surface area contributed by atoms with Crippen LogP contribution in [0, 0.1) is 10.1 Å². The molecule has 9 heteroatoms. The van der Waals surface area contributed by atoms with Crippen molar-refractivity contribution in [2.45, 2.75) is 31.7 Å². The fourth-order valence-corrected chi connectivity index (χ4v) is 4.59. The number of non-ortho nitro benzene ring substituents is 1. The van der Waals surface area contributed by atoms with E-state index in [9.17, 15) is 14.9 Å². The molecule has 1 amide bonds. The summed E-state index contributed by atoms with van der Waals surface area (Å²) in [7, 11) is 0. The van der Waals surface area contributed by atoms with E-state index in [1.165, 1.54) is 12.1 Å². The van der Waals surface area contributed by atoms with E-state index in [1.54, 1.807) is 17.8 Å². The Morgan fingerprint density at radius 1 is 1.25 bits per heavy atom. The standard InChI is InChI=1S/C23H27N5O3S/c1-32-14-11-20(22-24-18-7-3-4-8-19(18)25-22)26-23(29)17-15-16(28(30)31)9-10-21(17)27-12-5-2-6-13-27/h3-4,7-10,15,20H,2,5-6,11-14H2,1H3,(H,24,25)(H,26,29). The zero-order valence-electron chi connectivity index (χ0n) is 18.0. The molecule has 2 N–H and O–H groups in total. The van der Waals surface area contributed by atoms with Crippen LogP contribution in [0.25, 0.3) is 11.0 Å². The van der Waals surface area contributed by atoms with Crippen molar-refractivity contribution in [1.82, 2.24) is 15.3 Å². The molecule has 1 fully saturated rings. The molecule has 1 atom stereocenters. The molecule has 1 unspecified atom stereocenters. The number of carbonyl (C=O) groups excluding carboxylic acids is 1. The number of fused-ring (bicyclic) bond motifs is 1. The summed E-state index contributed by atoms with van der Waals surface area (Å²) in [4.78, 5) is 34.5. The highest BCUT2D eigenvalue weighted by atomic mass is 32.2. The number of para-hydroxylation sites is 2. The van der Waals surface area contributed by atoms with Gasteiger partial charge in [-0.15, -0.1) is 0 Å². The number of amides is 1. The number of piperidine rings is 1. The van der Waals surface area contributed by atoms with Crippen molar-refractivity contribution in [3.05, 3.63) is 64.0 Å². The van der Waals surface area contributed by atoms with E-state index in [0.717, 1.165) is 54.8 Å². The molecule has 8 nitrogen and oxygen atoms in total. The number of hydrogen-bond donors (Lipinski definition) is 2. The van der Waals surface area contributed by atoms with Crippen LogP contribution in [-0.4, -0.2) is 45.9 Å². The van der Waals surface area contributed by atoms with Crippen molar-refractivity contribution < 1.29 is 9.72 Å². The van der Waals surface area contributed by atoms with Gasteiger partial charge in [0.25, 0.3) is 11.6 Å². The molecule has 0 spiro atoms. The highest BCUT2D eigenvalue weighted by Crippen LogP contribution is 2.29. The molecule has 0 radical (unpaired) electrons. The minimum Gasteiger partial charge on any atom is -0.371 e. The number of imidazole rings is 1. The van der Waals surface area contributed by atoms with E-state index >= 15 is 0 Å². The normalized spacial score (nSPS) is 15.0. The number of carbonyl (C=O) groups is 1. The van der Waals surface area contributed by atoms with Gasteiger partial charge < -0.3 is 15.2 Å². The molecule has 2 heterocycles. The third-order valence-electron chi connectivity index (χ3n) is 5.79. The van der Waals surface area contributed by atoms with Gasteiger partial charge in [-0.2, -0.15) is 11.8 Å². The Hall–Kier alpha value is -3.07. The summed E-state index contributed by atoms with van der Waals surface area (Å²) in [5.41, 5.74) is 2.76. The number of benzene rings is 2. The van der Waals surface area contributed by atoms with E-state index in [0.29, 0.717) is 17.8 Å². The van der Waals surface area contributed by atoms with Crippen LogP contribution in [-0.2, 0) is 0 Å². The molecule has 2 aromatic carbocycles. The zero-order valence-corrected chi connectivity index (χ0v) is 18.9. The second-order valence-electron chi connectivity index (χ2n) is 7.95. The van der Waals surface area contributed by atoms with Crippen molar-refractivity contribution >= 4 is 40.1 Å². The fraction of sp³-hybridized carbons (Fsp3) is 0.391. The molecule has 1 aromatic heterocycles. The zero-order chi connectivity index (χ0) is 22.5. The SMILES string of the molecule is CSCCC(NC(=O)c1cc([N+](=O)[O-])ccc1N1CCCCC1)c1nc2ccccc2[nH]1. The topological polar surface area (TPSA) is 104 Å². The largest absolute Gasteiger partial charge is 0.371 e. The first-order valence-electron chi connectivity index (χ1n) is 10.8. The number of nitrogens with one attached hydrogen (secondary N) is 2. The van der Waals surface area contributed by atoms with Crippen molar-refractivity contribution in [2.75, 3.05) is 30.0 Å². The lowest BCUT2D eigenvalue weighted by molar-refractivity contribution is -0.384. The summed E-state index contributed by atoms with van der Waals surface area (Å²) < 4.78 is 0. The molecule has 3 aromatic rings. The fourth-order valence-electron chi connectivity index (χ4n) is 4.12. The highest BCUT2D eigenvalue weighted by Gasteiger charge is 2.25. The van der Waals surface area contributed by atoms with Crippen LogP contribution in [0.1, 0.15) is 47.9 Å². The number of aromatic amines is 1. The number of aromatic nitrogens is 2. The second-order valence-corrected chi connectivity index (χ2v) is 8.94. The minimum absolute atomic E-state index is 0.0830. The molecule has 168 valence electrons. The first kappa shape index (κ1) is 22.1. The quantitative estimate of drug-likeness (QED) is 0.379. The Kier molecular flexibility index (Phi) is 6.94. The van der Waals surface area contributed by atoms with Gasteiger partial charge in [-0.1, -0.05) is 12.1 Å². The molecule has 0 saturated carbocycles. The number of nitrogens with zero attached hydrogens (tertiary/aromatic N) is 3. The molecule has 1 aliphatic heterocycles. The summed E-state index contributed by atoms with van der Waals surface area (Å²) >= 11 is 1.70. The van der Waals surface area contributed by atoms with Gasteiger partial charge in [0, 0.05) is 25.2 Å². The lowest BCUT2D eigenvalue weighted by Crippen LogP contribution is -2.34. The maximum atomic E-state index is 13.4. The molecule has 1 saturated heterocycles. The van der Waals surface area contributed by atoms with E-state index in [2.05, 4.69) is 20.2 Å². The average molecular weight is 454 g/mol. The maximum absolute atomic E-state index is 13.4. The summed E-state index contributed by atoms with van der Waals surface area (Å²) in [5.74, 6) is 1.22. The number of H-pyrrole nitrogens is 1. The van der Waals surface area contributed by atoms with E-state index in [-0.39, 0.29) is 17.6 Å². The van der Waals surface area contributed by atoms with E-state index < -0.39 is 4.92 Å². The summed E-state index contributed by atoms with van der Waals surface area (Å²) in [5, 5.41) is 14.5. The van der Waals surface area contributed by atoms with Crippen molar-refractivity contribution in [1.29, 1.82) is 0 Å². The summed E-state index contributed by atoms with van der Waals surface area (Å²) in [6.45, 7) is 1.69. The second kappa shape index (κ2) is 10.0. The number of thioether (sulfide) groups is 1. The summed E-state index contributed by atoms with van der Waals surface area (Å²) in [6.07, 6.45) is 5.97. The van der Waals surface area contributed by atoms with Crippen molar-refractivity contribution in [2.24, 2.45) is 0 Å². The monoisotopic (exact) mass is 453 g/mol. The number of nitro groups is 1. The van der Waals surface area contributed by atoms with Gasteiger partial charge in [-0.3, -0.25) is 14.9 Å². The number of rotatable bonds is 8.